The van der Waals surface area contributed by atoms with E-state index in [2.05, 4.69) is 38.7 Å². The van der Waals surface area contributed by atoms with Gasteiger partial charge in [-0.1, -0.05) is 42.5 Å². The van der Waals surface area contributed by atoms with Crippen molar-refractivity contribution in [3.63, 3.8) is 0 Å². The standard InChI is InChI=1S/C21H23BrN2O3S/c22-17-11-4-5-12-18(17)23-21(28)24-19(25)13-6-14-20(26)27-15-7-10-16-8-2-1-3-9-16/h1-5,8-9,11-12H,6-7,10,13-15H2,(H2,23,24,25,28). The Morgan fingerprint density at radius 3 is 2.43 bits per heavy atom. The van der Waals surface area contributed by atoms with Gasteiger partial charge in [0.05, 0.1) is 12.3 Å². The number of benzene rings is 2. The van der Waals surface area contributed by atoms with Crippen molar-refractivity contribution in [3.8, 4) is 0 Å². The van der Waals surface area contributed by atoms with Crippen LogP contribution in [0.4, 0.5) is 5.69 Å². The maximum atomic E-state index is 11.9. The van der Waals surface area contributed by atoms with Crippen LogP contribution in [0.15, 0.2) is 59.1 Å². The van der Waals surface area contributed by atoms with E-state index >= 15 is 0 Å². The molecule has 0 aliphatic carbocycles. The summed E-state index contributed by atoms with van der Waals surface area (Å²) in [6.45, 7) is 0.389. The number of rotatable bonds is 9. The van der Waals surface area contributed by atoms with Crippen molar-refractivity contribution in [2.45, 2.75) is 32.1 Å². The van der Waals surface area contributed by atoms with E-state index in [1.807, 2.05) is 42.5 Å². The van der Waals surface area contributed by atoms with Gasteiger partial charge in [0.2, 0.25) is 5.91 Å². The number of halogens is 1. The molecular formula is C21H23BrN2O3S. The van der Waals surface area contributed by atoms with E-state index in [0.717, 1.165) is 23.0 Å². The number of carbonyl (C=O) groups is 2. The number of nitrogens with one attached hydrogen (secondary N) is 2. The largest absolute Gasteiger partial charge is 0.466 e. The molecule has 0 spiro atoms. The fraction of sp³-hybridized carbons (Fsp3) is 0.286. The van der Waals surface area contributed by atoms with Crippen molar-refractivity contribution >= 4 is 50.8 Å². The Hall–Kier alpha value is -2.25. The molecule has 0 fully saturated rings. The van der Waals surface area contributed by atoms with Crippen LogP contribution in [-0.2, 0) is 20.7 Å². The van der Waals surface area contributed by atoms with Crippen LogP contribution in [0.3, 0.4) is 0 Å². The first-order valence-corrected chi connectivity index (χ1v) is 10.3. The van der Waals surface area contributed by atoms with Gasteiger partial charge < -0.3 is 15.4 Å². The first-order chi connectivity index (χ1) is 13.5. The summed E-state index contributed by atoms with van der Waals surface area (Å²) < 4.78 is 6.05. The summed E-state index contributed by atoms with van der Waals surface area (Å²) in [5, 5.41) is 5.78. The third-order valence-corrected chi connectivity index (χ3v) is 4.77. The zero-order valence-corrected chi connectivity index (χ0v) is 17.9. The summed E-state index contributed by atoms with van der Waals surface area (Å²) in [6, 6.07) is 17.5. The van der Waals surface area contributed by atoms with Crippen LogP contribution in [0, 0.1) is 0 Å². The number of amides is 1. The number of carbonyl (C=O) groups excluding carboxylic acids is 2. The van der Waals surface area contributed by atoms with E-state index in [9.17, 15) is 9.59 Å². The van der Waals surface area contributed by atoms with E-state index in [-0.39, 0.29) is 29.8 Å². The molecule has 5 nitrogen and oxygen atoms in total. The number of ether oxygens (including phenoxy) is 1. The lowest BCUT2D eigenvalue weighted by atomic mass is 10.1. The average Bonchev–Trinajstić information content (AvgIpc) is 2.68. The second kappa shape index (κ2) is 12.3. The predicted octanol–water partition coefficient (Wildman–Crippen LogP) is 4.61. The summed E-state index contributed by atoms with van der Waals surface area (Å²) in [4.78, 5) is 23.7. The summed E-state index contributed by atoms with van der Waals surface area (Å²) in [6.07, 6.45) is 2.49. The molecule has 0 heterocycles. The predicted molar refractivity (Wildman–Crippen MR) is 118 cm³/mol. The Bertz CT molecular complexity index is 799. The third-order valence-electron chi connectivity index (χ3n) is 3.88. The van der Waals surface area contributed by atoms with Crippen LogP contribution in [0.5, 0.6) is 0 Å². The molecule has 2 N–H and O–H groups in total. The zero-order valence-electron chi connectivity index (χ0n) is 15.4. The molecule has 0 atom stereocenters. The molecule has 148 valence electrons. The van der Waals surface area contributed by atoms with Crippen molar-refractivity contribution in [2.24, 2.45) is 0 Å². The van der Waals surface area contributed by atoms with Gasteiger partial charge in [0.1, 0.15) is 0 Å². The summed E-state index contributed by atoms with van der Waals surface area (Å²) in [7, 11) is 0. The molecule has 0 radical (unpaired) electrons. The van der Waals surface area contributed by atoms with Crippen LogP contribution < -0.4 is 10.6 Å². The lowest BCUT2D eigenvalue weighted by Crippen LogP contribution is -2.34. The highest BCUT2D eigenvalue weighted by Gasteiger charge is 2.09. The number of thiocarbonyl (C=S) groups is 1. The van der Waals surface area contributed by atoms with Crippen LogP contribution >= 0.6 is 28.1 Å². The Kier molecular flexibility index (Phi) is 9.65. The minimum absolute atomic E-state index is 0.205. The monoisotopic (exact) mass is 462 g/mol. The average molecular weight is 463 g/mol. The lowest BCUT2D eigenvalue weighted by molar-refractivity contribution is -0.143. The minimum Gasteiger partial charge on any atom is -0.466 e. The SMILES string of the molecule is O=C(CCCC(=O)OCCCc1ccccc1)NC(=S)Nc1ccccc1Br. The van der Waals surface area contributed by atoms with Gasteiger partial charge in [-0.05, 0) is 65.1 Å². The van der Waals surface area contributed by atoms with E-state index in [1.54, 1.807) is 0 Å². The molecule has 7 heteroatoms. The number of hydrogen-bond donors (Lipinski definition) is 2. The highest BCUT2D eigenvalue weighted by molar-refractivity contribution is 9.10. The van der Waals surface area contributed by atoms with E-state index in [1.165, 1.54) is 5.56 Å². The van der Waals surface area contributed by atoms with E-state index in [0.29, 0.717) is 13.0 Å². The highest BCUT2D eigenvalue weighted by Crippen LogP contribution is 2.20. The van der Waals surface area contributed by atoms with Crippen LogP contribution in [0.2, 0.25) is 0 Å². The quantitative estimate of drug-likeness (QED) is 0.323. The number of aryl methyl sites for hydroxylation is 1. The fourth-order valence-corrected chi connectivity index (χ4v) is 3.09. The van der Waals surface area contributed by atoms with Crippen LogP contribution in [0.25, 0.3) is 0 Å². The van der Waals surface area contributed by atoms with E-state index in [4.69, 9.17) is 17.0 Å². The number of para-hydroxylation sites is 1. The normalized spacial score (nSPS) is 10.2. The molecule has 0 aromatic heterocycles. The minimum atomic E-state index is -0.283. The molecule has 1 amide bonds. The van der Waals surface area contributed by atoms with Crippen molar-refractivity contribution in [1.82, 2.24) is 5.32 Å². The highest BCUT2D eigenvalue weighted by atomic mass is 79.9. The Labute approximate surface area is 179 Å². The van der Waals surface area contributed by atoms with Crippen LogP contribution in [-0.4, -0.2) is 23.6 Å². The van der Waals surface area contributed by atoms with Crippen molar-refractivity contribution in [2.75, 3.05) is 11.9 Å². The molecule has 0 saturated heterocycles. The maximum Gasteiger partial charge on any atom is 0.305 e. The first-order valence-electron chi connectivity index (χ1n) is 9.09. The number of hydrogen-bond acceptors (Lipinski definition) is 4. The van der Waals surface area contributed by atoms with Gasteiger partial charge in [0.15, 0.2) is 5.11 Å². The summed E-state index contributed by atoms with van der Waals surface area (Å²) >= 11 is 8.53. The summed E-state index contributed by atoms with van der Waals surface area (Å²) in [5.41, 5.74) is 1.99. The van der Waals surface area contributed by atoms with Gasteiger partial charge in [0.25, 0.3) is 0 Å². The second-order valence-corrected chi connectivity index (χ2v) is 7.41. The molecule has 2 rings (SSSR count). The first kappa shape index (κ1) is 22.0. The Balaban J connectivity index is 1.55. The Morgan fingerprint density at radius 2 is 1.68 bits per heavy atom. The topological polar surface area (TPSA) is 67.4 Å². The van der Waals surface area contributed by atoms with Gasteiger partial charge in [-0.15, -0.1) is 0 Å². The maximum absolute atomic E-state index is 11.9. The Morgan fingerprint density at radius 1 is 0.964 bits per heavy atom. The molecule has 2 aromatic carbocycles. The van der Waals surface area contributed by atoms with Crippen LogP contribution in [0.1, 0.15) is 31.2 Å². The third kappa shape index (κ3) is 8.63. The number of esters is 1. The molecule has 0 aliphatic rings. The molecule has 0 saturated carbocycles. The van der Waals surface area contributed by atoms with Crippen molar-refractivity contribution < 1.29 is 14.3 Å². The van der Waals surface area contributed by atoms with Gasteiger partial charge in [-0.25, -0.2) is 0 Å². The molecular weight excluding hydrogens is 440 g/mol. The smallest absolute Gasteiger partial charge is 0.305 e. The molecule has 0 aliphatic heterocycles. The second-order valence-electron chi connectivity index (χ2n) is 6.15. The number of anilines is 1. The van der Waals surface area contributed by atoms with Crippen molar-refractivity contribution in [1.29, 1.82) is 0 Å². The van der Waals surface area contributed by atoms with Crippen molar-refractivity contribution in [3.05, 3.63) is 64.6 Å². The van der Waals surface area contributed by atoms with Gasteiger partial charge in [0, 0.05) is 17.3 Å². The zero-order chi connectivity index (χ0) is 20.2. The van der Waals surface area contributed by atoms with Gasteiger partial charge in [-0.2, -0.15) is 0 Å². The van der Waals surface area contributed by atoms with Gasteiger partial charge in [-0.3, -0.25) is 9.59 Å². The molecule has 0 unspecified atom stereocenters. The summed E-state index contributed by atoms with van der Waals surface area (Å²) in [5.74, 6) is -0.517. The molecule has 0 bridgehead atoms. The molecule has 28 heavy (non-hydrogen) atoms. The van der Waals surface area contributed by atoms with Gasteiger partial charge >= 0.3 is 5.97 Å². The molecule has 2 aromatic rings. The van der Waals surface area contributed by atoms with E-state index < -0.39 is 0 Å². The lowest BCUT2D eigenvalue weighted by Gasteiger charge is -2.10. The fourth-order valence-electron chi connectivity index (χ4n) is 2.48.